The van der Waals surface area contributed by atoms with Crippen molar-refractivity contribution < 1.29 is 0 Å². The number of fused-ring (bicyclic) bond motifs is 10. The largest absolute Gasteiger partial charge is 0.236 e. The SMILES string of the molecule is c1cc(-c2ncc3c4ccccc4c4ccccc4c3n2)cc(-c2ccc(-c3cccc4c3sc3ccccc34)c3ccccc23)c1. The van der Waals surface area contributed by atoms with E-state index in [1.54, 1.807) is 0 Å². The number of hydrogen-bond donors (Lipinski definition) is 0. The van der Waals surface area contributed by atoms with Crippen molar-refractivity contribution in [1.82, 2.24) is 9.97 Å². The van der Waals surface area contributed by atoms with E-state index in [1.807, 2.05) is 17.5 Å². The highest BCUT2D eigenvalue weighted by Crippen LogP contribution is 2.43. The maximum atomic E-state index is 5.21. The first kappa shape index (κ1) is 26.3. The molecule has 0 saturated carbocycles. The zero-order chi connectivity index (χ0) is 30.9. The van der Waals surface area contributed by atoms with Crippen molar-refractivity contribution in [2.75, 3.05) is 0 Å². The molecule has 0 aliphatic heterocycles. The third kappa shape index (κ3) is 4.04. The van der Waals surface area contributed by atoms with Crippen LogP contribution in [-0.4, -0.2) is 9.97 Å². The lowest BCUT2D eigenvalue weighted by atomic mass is 9.91. The molecule has 0 atom stereocenters. The fourth-order valence-electron chi connectivity index (χ4n) is 7.37. The summed E-state index contributed by atoms with van der Waals surface area (Å²) in [6.45, 7) is 0. The number of hydrogen-bond acceptors (Lipinski definition) is 3. The van der Waals surface area contributed by atoms with E-state index in [9.17, 15) is 0 Å². The molecule has 0 aliphatic carbocycles. The Kier molecular flexibility index (Phi) is 5.78. The summed E-state index contributed by atoms with van der Waals surface area (Å²) >= 11 is 1.88. The first-order chi connectivity index (χ1) is 23.3. The number of rotatable bonds is 3. The van der Waals surface area contributed by atoms with Gasteiger partial charge < -0.3 is 0 Å². The number of benzene rings is 8. The number of thiophene rings is 1. The third-order valence-corrected chi connectivity index (χ3v) is 10.7. The lowest BCUT2D eigenvalue weighted by Gasteiger charge is -2.14. The van der Waals surface area contributed by atoms with Gasteiger partial charge in [-0.15, -0.1) is 11.3 Å². The molecule has 0 unspecified atom stereocenters. The lowest BCUT2D eigenvalue weighted by molar-refractivity contribution is 1.23. The second kappa shape index (κ2) is 10.3. The average Bonchev–Trinajstić information content (AvgIpc) is 3.53. The van der Waals surface area contributed by atoms with Gasteiger partial charge >= 0.3 is 0 Å². The van der Waals surface area contributed by atoms with E-state index in [4.69, 9.17) is 9.97 Å². The van der Waals surface area contributed by atoms with Gasteiger partial charge in [0.25, 0.3) is 0 Å². The molecule has 0 bridgehead atoms. The minimum atomic E-state index is 0.733. The van der Waals surface area contributed by atoms with Crippen LogP contribution in [0.1, 0.15) is 0 Å². The molecular weight excluding hydrogens is 589 g/mol. The van der Waals surface area contributed by atoms with Crippen molar-refractivity contribution in [1.29, 1.82) is 0 Å². The topological polar surface area (TPSA) is 25.8 Å². The highest BCUT2D eigenvalue weighted by Gasteiger charge is 2.16. The van der Waals surface area contributed by atoms with Crippen LogP contribution in [0.25, 0.3) is 97.0 Å². The Morgan fingerprint density at radius 1 is 0.383 bits per heavy atom. The summed E-state index contributed by atoms with van der Waals surface area (Å²) in [6, 6.07) is 54.6. The summed E-state index contributed by atoms with van der Waals surface area (Å²) in [4.78, 5) is 10.1. The Morgan fingerprint density at radius 3 is 1.77 bits per heavy atom. The summed E-state index contributed by atoms with van der Waals surface area (Å²) < 4.78 is 2.66. The van der Waals surface area contributed by atoms with Crippen molar-refractivity contribution in [2.24, 2.45) is 0 Å². The summed E-state index contributed by atoms with van der Waals surface area (Å²) in [5.74, 6) is 0.733. The van der Waals surface area contributed by atoms with Crippen LogP contribution < -0.4 is 0 Å². The van der Waals surface area contributed by atoms with Crippen LogP contribution in [0.15, 0.2) is 158 Å². The van der Waals surface area contributed by atoms with Gasteiger partial charge in [-0.25, -0.2) is 9.97 Å². The number of nitrogens with zero attached hydrogens (tertiary/aromatic N) is 2. The minimum absolute atomic E-state index is 0.733. The molecule has 218 valence electrons. The molecule has 8 aromatic carbocycles. The Morgan fingerprint density at radius 2 is 0.957 bits per heavy atom. The minimum Gasteiger partial charge on any atom is -0.236 e. The summed E-state index contributed by atoms with van der Waals surface area (Å²) in [6.07, 6.45) is 2.00. The van der Waals surface area contributed by atoms with Crippen molar-refractivity contribution in [2.45, 2.75) is 0 Å². The molecule has 0 amide bonds. The van der Waals surface area contributed by atoms with Gasteiger partial charge in [0.2, 0.25) is 0 Å². The van der Waals surface area contributed by atoms with E-state index in [-0.39, 0.29) is 0 Å². The molecule has 0 spiro atoms. The first-order valence-electron chi connectivity index (χ1n) is 15.9. The average molecular weight is 615 g/mol. The second-order valence-electron chi connectivity index (χ2n) is 12.1. The van der Waals surface area contributed by atoms with E-state index >= 15 is 0 Å². The molecule has 2 heterocycles. The smallest absolute Gasteiger partial charge is 0.159 e. The Balaban J connectivity index is 1.13. The van der Waals surface area contributed by atoms with Gasteiger partial charge in [-0.3, -0.25) is 0 Å². The van der Waals surface area contributed by atoms with Crippen molar-refractivity contribution in [3.63, 3.8) is 0 Å². The lowest BCUT2D eigenvalue weighted by Crippen LogP contribution is -1.93. The third-order valence-electron chi connectivity index (χ3n) is 9.53. The summed E-state index contributed by atoms with van der Waals surface area (Å²) in [7, 11) is 0. The van der Waals surface area contributed by atoms with Gasteiger partial charge in [-0.1, -0.05) is 140 Å². The quantitative estimate of drug-likeness (QED) is 0.185. The summed E-state index contributed by atoms with van der Waals surface area (Å²) in [5.41, 5.74) is 6.88. The molecule has 2 nitrogen and oxygen atoms in total. The fraction of sp³-hybridized carbons (Fsp3) is 0. The van der Waals surface area contributed by atoms with E-state index in [2.05, 4.69) is 152 Å². The first-order valence-corrected chi connectivity index (χ1v) is 16.7. The molecule has 47 heavy (non-hydrogen) atoms. The summed E-state index contributed by atoms with van der Waals surface area (Å²) in [5, 5.41) is 11.0. The maximum Gasteiger partial charge on any atom is 0.159 e. The van der Waals surface area contributed by atoms with Crippen molar-refractivity contribution in [3.8, 4) is 33.6 Å². The molecular formula is C44H26N2S. The molecule has 0 saturated heterocycles. The number of aromatic nitrogens is 2. The van der Waals surface area contributed by atoms with Crippen LogP contribution >= 0.6 is 11.3 Å². The van der Waals surface area contributed by atoms with Crippen LogP contribution in [0.2, 0.25) is 0 Å². The van der Waals surface area contributed by atoms with Gasteiger partial charge in [0.15, 0.2) is 5.82 Å². The molecule has 2 aromatic heterocycles. The normalized spacial score (nSPS) is 11.8. The molecule has 3 heteroatoms. The van der Waals surface area contributed by atoms with Crippen molar-refractivity contribution >= 4 is 74.7 Å². The van der Waals surface area contributed by atoms with E-state index < -0.39 is 0 Å². The fourth-order valence-corrected chi connectivity index (χ4v) is 8.60. The van der Waals surface area contributed by atoms with Crippen LogP contribution in [0, 0.1) is 0 Å². The van der Waals surface area contributed by atoms with Gasteiger partial charge in [-0.2, -0.15) is 0 Å². The van der Waals surface area contributed by atoms with Gasteiger partial charge in [0.05, 0.1) is 5.52 Å². The molecule has 0 radical (unpaired) electrons. The maximum absolute atomic E-state index is 5.21. The highest BCUT2D eigenvalue weighted by atomic mass is 32.1. The second-order valence-corrected chi connectivity index (χ2v) is 13.2. The Labute approximate surface area is 275 Å². The van der Waals surface area contributed by atoms with Crippen LogP contribution in [0.5, 0.6) is 0 Å². The molecule has 0 N–H and O–H groups in total. The highest BCUT2D eigenvalue weighted by molar-refractivity contribution is 7.26. The zero-order valence-corrected chi connectivity index (χ0v) is 26.1. The predicted octanol–water partition coefficient (Wildman–Crippen LogP) is 12.5. The van der Waals surface area contributed by atoms with E-state index in [0.29, 0.717) is 0 Å². The van der Waals surface area contributed by atoms with Crippen LogP contribution in [-0.2, 0) is 0 Å². The Hall–Kier alpha value is -5.90. The predicted molar refractivity (Wildman–Crippen MR) is 201 cm³/mol. The molecule has 10 rings (SSSR count). The van der Waals surface area contributed by atoms with Gasteiger partial charge in [0.1, 0.15) is 0 Å². The van der Waals surface area contributed by atoms with Crippen molar-refractivity contribution in [3.05, 3.63) is 158 Å². The molecule has 10 aromatic rings. The van der Waals surface area contributed by atoms with Crippen LogP contribution in [0.4, 0.5) is 0 Å². The standard InChI is InChI=1S/C44H26N2S/c1-2-14-31-30(13-1)29(23-24-35(31)38-20-10-21-39-36-18-7-8-22-41(36)47-43(38)39)27-11-9-12-28(25-27)44-45-26-40-34-17-4-3-15-32(34)33-16-5-6-19-37(33)42(40)46-44/h1-26H. The van der Waals surface area contributed by atoms with E-state index in [0.717, 1.165) is 33.2 Å². The zero-order valence-electron chi connectivity index (χ0n) is 25.3. The monoisotopic (exact) mass is 614 g/mol. The van der Waals surface area contributed by atoms with Gasteiger partial charge in [-0.05, 0) is 55.8 Å². The Bertz CT molecular complexity index is 2830. The van der Waals surface area contributed by atoms with E-state index in [1.165, 1.54) is 63.8 Å². The van der Waals surface area contributed by atoms with Gasteiger partial charge in [0, 0.05) is 48.3 Å². The van der Waals surface area contributed by atoms with Crippen LogP contribution in [0.3, 0.4) is 0 Å². The molecule has 0 aliphatic rings. The molecule has 0 fully saturated rings.